The lowest BCUT2D eigenvalue weighted by Gasteiger charge is -2.08. The summed E-state index contributed by atoms with van der Waals surface area (Å²) in [7, 11) is 0. The van der Waals surface area contributed by atoms with Crippen molar-refractivity contribution >= 4 is 17.3 Å². The Kier molecular flexibility index (Phi) is 4.72. The largest absolute Gasteiger partial charge is 0.467 e. The summed E-state index contributed by atoms with van der Waals surface area (Å²) in [6.07, 6.45) is 1.51. The quantitative estimate of drug-likeness (QED) is 0.619. The van der Waals surface area contributed by atoms with Crippen LogP contribution in [0.4, 0.5) is 11.4 Å². The highest BCUT2D eigenvalue weighted by Gasteiger charge is 2.11. The molecule has 0 fully saturated rings. The summed E-state index contributed by atoms with van der Waals surface area (Å²) in [5.41, 5.74) is 0.290. The van der Waals surface area contributed by atoms with Gasteiger partial charge in [0.15, 0.2) is 0 Å². The third kappa shape index (κ3) is 3.83. The molecule has 0 aliphatic heterocycles. The van der Waals surface area contributed by atoms with E-state index in [0.29, 0.717) is 11.4 Å². The fourth-order valence-electron chi connectivity index (χ4n) is 1.73. The van der Waals surface area contributed by atoms with Gasteiger partial charge in [0.1, 0.15) is 11.8 Å². The fraction of sp³-hybridized carbons (Fsp3) is 0.143. The number of carbonyl (C=O) groups excluding carboxylic acids is 1. The minimum absolute atomic E-state index is 0.0623. The number of anilines is 1. The van der Waals surface area contributed by atoms with Gasteiger partial charge in [0.25, 0.3) is 5.69 Å². The van der Waals surface area contributed by atoms with Crippen molar-refractivity contribution in [3.05, 3.63) is 58.0 Å². The van der Waals surface area contributed by atoms with E-state index in [4.69, 9.17) is 9.68 Å². The van der Waals surface area contributed by atoms with Gasteiger partial charge in [-0.3, -0.25) is 14.9 Å². The molecule has 1 aromatic carbocycles. The van der Waals surface area contributed by atoms with Gasteiger partial charge in [0, 0.05) is 12.1 Å². The van der Waals surface area contributed by atoms with Crippen LogP contribution in [0.25, 0.3) is 0 Å². The lowest BCUT2D eigenvalue weighted by molar-refractivity contribution is -0.384. The Balaban J connectivity index is 1.92. The van der Waals surface area contributed by atoms with Crippen molar-refractivity contribution in [1.82, 2.24) is 5.32 Å². The Labute approximate surface area is 125 Å². The van der Waals surface area contributed by atoms with Crippen molar-refractivity contribution in [2.45, 2.75) is 6.54 Å². The predicted octanol–water partition coefficient (Wildman–Crippen LogP) is 1.79. The minimum atomic E-state index is -0.583. The van der Waals surface area contributed by atoms with E-state index in [0.717, 1.165) is 6.07 Å². The molecule has 0 saturated heterocycles. The zero-order chi connectivity index (χ0) is 15.9. The van der Waals surface area contributed by atoms with Crippen LogP contribution in [0.15, 0.2) is 41.0 Å². The van der Waals surface area contributed by atoms with E-state index in [9.17, 15) is 14.9 Å². The number of furan rings is 1. The second-order valence-electron chi connectivity index (χ2n) is 4.31. The molecule has 0 aliphatic rings. The standard InChI is InChI=1S/C14H12N4O4/c15-7-10-6-11(18(20)21)3-4-13(10)16-9-14(19)17-8-12-2-1-5-22-12/h1-6,16H,8-9H2,(H,17,19). The summed E-state index contributed by atoms with van der Waals surface area (Å²) < 4.78 is 5.08. The van der Waals surface area contributed by atoms with Crippen molar-refractivity contribution < 1.29 is 14.1 Å². The second-order valence-corrected chi connectivity index (χ2v) is 4.31. The summed E-state index contributed by atoms with van der Waals surface area (Å²) in [5, 5.41) is 25.0. The van der Waals surface area contributed by atoms with Gasteiger partial charge in [-0.1, -0.05) is 0 Å². The van der Waals surface area contributed by atoms with Gasteiger partial charge in [-0.05, 0) is 18.2 Å². The van der Waals surface area contributed by atoms with Gasteiger partial charge < -0.3 is 15.1 Å². The Bertz CT molecular complexity index is 719. The lowest BCUT2D eigenvalue weighted by Crippen LogP contribution is -2.29. The van der Waals surface area contributed by atoms with Gasteiger partial charge in [0.2, 0.25) is 5.91 Å². The first-order valence-corrected chi connectivity index (χ1v) is 6.31. The summed E-state index contributed by atoms with van der Waals surface area (Å²) in [6.45, 7) is 0.200. The molecule has 1 heterocycles. The molecule has 1 amide bonds. The molecule has 1 aromatic heterocycles. The van der Waals surface area contributed by atoms with Crippen LogP contribution < -0.4 is 10.6 Å². The number of non-ortho nitro benzene ring substituents is 1. The fourth-order valence-corrected chi connectivity index (χ4v) is 1.73. The van der Waals surface area contributed by atoms with Gasteiger partial charge >= 0.3 is 0 Å². The number of rotatable bonds is 6. The molecule has 8 heteroatoms. The highest BCUT2D eigenvalue weighted by Crippen LogP contribution is 2.21. The van der Waals surface area contributed by atoms with Gasteiger partial charge in [-0.2, -0.15) is 5.26 Å². The maximum Gasteiger partial charge on any atom is 0.270 e. The summed E-state index contributed by atoms with van der Waals surface area (Å²) in [5.74, 6) is 0.333. The van der Waals surface area contributed by atoms with Crippen LogP contribution in [0.5, 0.6) is 0 Å². The molecule has 22 heavy (non-hydrogen) atoms. The van der Waals surface area contributed by atoms with E-state index in [1.165, 1.54) is 18.4 Å². The molecule has 0 bridgehead atoms. The zero-order valence-corrected chi connectivity index (χ0v) is 11.4. The normalized spacial score (nSPS) is 9.77. The molecule has 2 aromatic rings. The molecule has 2 rings (SSSR count). The number of nitrogens with one attached hydrogen (secondary N) is 2. The molecular weight excluding hydrogens is 288 g/mol. The number of nitro groups is 1. The van der Waals surface area contributed by atoms with E-state index in [1.54, 1.807) is 12.1 Å². The predicted molar refractivity (Wildman–Crippen MR) is 76.9 cm³/mol. The van der Waals surface area contributed by atoms with Crippen LogP contribution in [0.3, 0.4) is 0 Å². The number of nitriles is 1. The molecule has 0 atom stereocenters. The van der Waals surface area contributed by atoms with E-state index in [2.05, 4.69) is 10.6 Å². The first kappa shape index (κ1) is 15.1. The Hall–Kier alpha value is -3.34. The maximum absolute atomic E-state index is 11.7. The van der Waals surface area contributed by atoms with Crippen LogP contribution in [0.2, 0.25) is 0 Å². The van der Waals surface area contributed by atoms with Gasteiger partial charge in [-0.15, -0.1) is 0 Å². The third-order valence-electron chi connectivity index (χ3n) is 2.81. The van der Waals surface area contributed by atoms with Crippen molar-refractivity contribution in [3.63, 3.8) is 0 Å². The molecule has 0 spiro atoms. The van der Waals surface area contributed by atoms with Crippen LogP contribution in [-0.4, -0.2) is 17.4 Å². The smallest absolute Gasteiger partial charge is 0.270 e. The highest BCUT2D eigenvalue weighted by atomic mass is 16.6. The average Bonchev–Trinajstić information content (AvgIpc) is 3.04. The van der Waals surface area contributed by atoms with Gasteiger partial charge in [0.05, 0.1) is 35.5 Å². The number of nitrogens with zero attached hydrogens (tertiary/aromatic N) is 2. The van der Waals surface area contributed by atoms with Crippen molar-refractivity contribution in [2.75, 3.05) is 11.9 Å². The first-order chi connectivity index (χ1) is 10.6. The van der Waals surface area contributed by atoms with Crippen molar-refractivity contribution in [3.8, 4) is 6.07 Å². The molecule has 112 valence electrons. The molecule has 2 N–H and O–H groups in total. The Morgan fingerprint density at radius 3 is 2.86 bits per heavy atom. The van der Waals surface area contributed by atoms with Crippen LogP contribution in [0, 0.1) is 21.4 Å². The van der Waals surface area contributed by atoms with Crippen LogP contribution in [-0.2, 0) is 11.3 Å². The molecule has 0 unspecified atom stereocenters. The summed E-state index contributed by atoms with van der Waals surface area (Å²) in [6, 6.07) is 9.13. The summed E-state index contributed by atoms with van der Waals surface area (Å²) in [4.78, 5) is 21.7. The Morgan fingerprint density at radius 1 is 1.41 bits per heavy atom. The molecule has 0 aliphatic carbocycles. The highest BCUT2D eigenvalue weighted by molar-refractivity contribution is 5.81. The maximum atomic E-state index is 11.7. The lowest BCUT2D eigenvalue weighted by atomic mass is 10.1. The SMILES string of the molecule is N#Cc1cc([N+](=O)[O-])ccc1NCC(=O)NCc1ccco1. The van der Waals surface area contributed by atoms with E-state index >= 15 is 0 Å². The average molecular weight is 300 g/mol. The van der Waals surface area contributed by atoms with Crippen LogP contribution in [0.1, 0.15) is 11.3 Å². The van der Waals surface area contributed by atoms with E-state index in [-0.39, 0.29) is 30.2 Å². The summed E-state index contributed by atoms with van der Waals surface area (Å²) >= 11 is 0. The number of benzene rings is 1. The topological polar surface area (TPSA) is 121 Å². The number of hydrogen-bond donors (Lipinski definition) is 2. The number of hydrogen-bond acceptors (Lipinski definition) is 6. The monoisotopic (exact) mass is 300 g/mol. The van der Waals surface area contributed by atoms with Crippen molar-refractivity contribution in [2.24, 2.45) is 0 Å². The number of nitro benzene ring substituents is 1. The molecular formula is C14H12N4O4. The minimum Gasteiger partial charge on any atom is -0.467 e. The Morgan fingerprint density at radius 2 is 2.23 bits per heavy atom. The molecule has 0 saturated carbocycles. The third-order valence-corrected chi connectivity index (χ3v) is 2.81. The second kappa shape index (κ2) is 6.90. The molecule has 8 nitrogen and oxygen atoms in total. The van der Waals surface area contributed by atoms with Crippen LogP contribution >= 0.6 is 0 Å². The first-order valence-electron chi connectivity index (χ1n) is 6.31. The number of carbonyl (C=O) groups is 1. The van der Waals surface area contributed by atoms with E-state index < -0.39 is 4.92 Å². The van der Waals surface area contributed by atoms with Gasteiger partial charge in [-0.25, -0.2) is 0 Å². The number of amides is 1. The zero-order valence-electron chi connectivity index (χ0n) is 11.4. The molecule has 0 radical (unpaired) electrons. The van der Waals surface area contributed by atoms with Crippen molar-refractivity contribution in [1.29, 1.82) is 5.26 Å². The van der Waals surface area contributed by atoms with E-state index in [1.807, 2.05) is 6.07 Å².